The van der Waals surface area contributed by atoms with E-state index in [1.807, 2.05) is 0 Å². The Labute approximate surface area is 152 Å². The molecule has 0 radical (unpaired) electrons. The molecule has 2 rings (SSSR count). The first-order valence-corrected chi connectivity index (χ1v) is 8.75. The van der Waals surface area contributed by atoms with Crippen molar-refractivity contribution >= 4 is 11.7 Å². The number of likely N-dealkylation sites (N-methyl/N-ethyl adjacent to an activating group) is 2. The fourth-order valence-electron chi connectivity index (χ4n) is 2.99. The predicted molar refractivity (Wildman–Crippen MR) is 96.2 cm³/mol. The van der Waals surface area contributed by atoms with Gasteiger partial charge in [0.25, 0.3) is 0 Å². The van der Waals surface area contributed by atoms with Gasteiger partial charge < -0.3 is 20.0 Å². The van der Waals surface area contributed by atoms with Gasteiger partial charge in [0.05, 0.1) is 5.56 Å². The Morgan fingerprint density at radius 3 is 2.27 bits per heavy atom. The van der Waals surface area contributed by atoms with Crippen LogP contribution in [0, 0.1) is 0 Å². The number of carbonyl (C=O) groups excluding carboxylic acids is 1. The molecule has 0 unspecified atom stereocenters. The van der Waals surface area contributed by atoms with Crippen LogP contribution < -0.4 is 5.32 Å². The highest BCUT2D eigenvalue weighted by Gasteiger charge is 2.30. The van der Waals surface area contributed by atoms with E-state index in [9.17, 15) is 18.0 Å². The molecule has 5 nitrogen and oxygen atoms in total. The van der Waals surface area contributed by atoms with Gasteiger partial charge in [0.2, 0.25) is 0 Å². The van der Waals surface area contributed by atoms with Crippen LogP contribution in [-0.4, -0.2) is 74.1 Å². The molecule has 0 bridgehead atoms. The molecule has 1 aliphatic heterocycles. The average molecular weight is 372 g/mol. The van der Waals surface area contributed by atoms with Crippen molar-refractivity contribution < 1.29 is 18.0 Å². The molecule has 0 aliphatic carbocycles. The topological polar surface area (TPSA) is 38.8 Å². The van der Waals surface area contributed by atoms with Gasteiger partial charge in [-0.1, -0.05) is 0 Å². The highest BCUT2D eigenvalue weighted by molar-refractivity contribution is 5.89. The van der Waals surface area contributed by atoms with E-state index in [0.717, 1.165) is 44.6 Å². The number of likely N-dealkylation sites (tertiary alicyclic amines) is 1. The number of amides is 2. The minimum Gasteiger partial charge on any atom is -0.326 e. The molecule has 1 fully saturated rings. The summed E-state index contributed by atoms with van der Waals surface area (Å²) >= 11 is 0. The van der Waals surface area contributed by atoms with Gasteiger partial charge in [0.15, 0.2) is 0 Å². The van der Waals surface area contributed by atoms with Gasteiger partial charge in [-0.2, -0.15) is 13.2 Å². The van der Waals surface area contributed by atoms with Crippen molar-refractivity contribution in [2.75, 3.05) is 52.6 Å². The number of halogens is 3. The summed E-state index contributed by atoms with van der Waals surface area (Å²) in [6.45, 7) is 3.47. The molecule has 146 valence electrons. The van der Waals surface area contributed by atoms with E-state index in [-0.39, 0.29) is 6.03 Å². The number of nitrogens with one attached hydrogen (secondary N) is 1. The van der Waals surface area contributed by atoms with Gasteiger partial charge >= 0.3 is 12.2 Å². The Bertz CT molecular complexity index is 583. The molecule has 8 heteroatoms. The summed E-state index contributed by atoms with van der Waals surface area (Å²) in [7, 11) is 5.87. The van der Waals surface area contributed by atoms with Crippen molar-refractivity contribution in [2.24, 2.45) is 0 Å². The number of hydrogen-bond donors (Lipinski definition) is 1. The van der Waals surface area contributed by atoms with Crippen LogP contribution in [-0.2, 0) is 6.18 Å². The molecule has 0 spiro atoms. The number of anilines is 1. The summed E-state index contributed by atoms with van der Waals surface area (Å²) in [4.78, 5) is 18.3. The van der Waals surface area contributed by atoms with Crippen LogP contribution in [0.15, 0.2) is 24.3 Å². The lowest BCUT2D eigenvalue weighted by molar-refractivity contribution is -0.137. The second-order valence-corrected chi connectivity index (χ2v) is 6.94. The second-order valence-electron chi connectivity index (χ2n) is 6.94. The molecule has 1 heterocycles. The third kappa shape index (κ3) is 5.88. The monoisotopic (exact) mass is 372 g/mol. The molecule has 26 heavy (non-hydrogen) atoms. The van der Waals surface area contributed by atoms with Gasteiger partial charge in [-0.3, -0.25) is 0 Å². The highest BCUT2D eigenvalue weighted by atomic mass is 19.4. The SMILES string of the molecule is CN1CCC(N(C)CCN(C)C(=O)Nc2ccc(C(F)(F)F)cc2)CC1. The largest absolute Gasteiger partial charge is 0.416 e. The molecule has 1 aromatic carbocycles. The lowest BCUT2D eigenvalue weighted by atomic mass is 10.0. The van der Waals surface area contributed by atoms with Crippen molar-refractivity contribution in [3.8, 4) is 0 Å². The van der Waals surface area contributed by atoms with Gasteiger partial charge in [0, 0.05) is 31.9 Å². The van der Waals surface area contributed by atoms with Crippen LogP contribution in [0.2, 0.25) is 0 Å². The highest BCUT2D eigenvalue weighted by Crippen LogP contribution is 2.29. The Balaban J connectivity index is 1.78. The fraction of sp³-hybridized carbons (Fsp3) is 0.611. The normalized spacial score (nSPS) is 16.7. The maximum atomic E-state index is 12.6. The summed E-state index contributed by atoms with van der Waals surface area (Å²) in [5, 5.41) is 2.62. The first-order chi connectivity index (χ1) is 12.2. The average Bonchev–Trinajstić information content (AvgIpc) is 2.59. The minimum absolute atomic E-state index is 0.332. The molecule has 1 aliphatic rings. The fourth-order valence-corrected chi connectivity index (χ4v) is 2.99. The Morgan fingerprint density at radius 2 is 1.73 bits per heavy atom. The molecule has 0 aromatic heterocycles. The zero-order valence-electron chi connectivity index (χ0n) is 15.5. The van der Waals surface area contributed by atoms with Crippen LogP contribution >= 0.6 is 0 Å². The third-order valence-electron chi connectivity index (χ3n) is 4.91. The Kier molecular flexibility index (Phi) is 6.88. The zero-order valence-corrected chi connectivity index (χ0v) is 15.5. The number of urea groups is 1. The molecule has 1 saturated heterocycles. The molecular weight excluding hydrogens is 345 g/mol. The van der Waals surface area contributed by atoms with Gasteiger partial charge in [-0.25, -0.2) is 4.79 Å². The quantitative estimate of drug-likeness (QED) is 0.863. The van der Waals surface area contributed by atoms with Crippen LogP contribution in [0.3, 0.4) is 0 Å². The summed E-state index contributed by atoms with van der Waals surface area (Å²) in [5.41, 5.74) is -0.387. The lowest BCUT2D eigenvalue weighted by Gasteiger charge is -2.35. The maximum absolute atomic E-state index is 12.6. The Hall–Kier alpha value is -1.80. The van der Waals surface area contributed by atoms with Crippen LogP contribution in [0.25, 0.3) is 0 Å². The number of piperidine rings is 1. The van der Waals surface area contributed by atoms with Crippen molar-refractivity contribution in [2.45, 2.75) is 25.1 Å². The van der Waals surface area contributed by atoms with Crippen LogP contribution in [0.4, 0.5) is 23.7 Å². The molecular formula is C18H27F3N4O. The molecule has 1 aromatic rings. The first-order valence-electron chi connectivity index (χ1n) is 8.75. The number of rotatable bonds is 5. The molecule has 0 atom stereocenters. The van der Waals surface area contributed by atoms with Crippen molar-refractivity contribution in [3.63, 3.8) is 0 Å². The first kappa shape index (κ1) is 20.5. The number of carbonyl (C=O) groups is 1. The number of nitrogens with zero attached hydrogens (tertiary/aromatic N) is 3. The van der Waals surface area contributed by atoms with Gasteiger partial charge in [0.1, 0.15) is 0 Å². The summed E-state index contributed by atoms with van der Waals surface area (Å²) in [6.07, 6.45) is -2.14. The van der Waals surface area contributed by atoms with Gasteiger partial charge in [-0.05, 0) is 64.3 Å². The van der Waals surface area contributed by atoms with Gasteiger partial charge in [-0.15, -0.1) is 0 Å². The maximum Gasteiger partial charge on any atom is 0.416 e. The van der Waals surface area contributed by atoms with E-state index >= 15 is 0 Å². The van der Waals surface area contributed by atoms with E-state index < -0.39 is 11.7 Å². The minimum atomic E-state index is -4.38. The number of benzene rings is 1. The molecule has 1 N–H and O–H groups in total. The summed E-state index contributed by atoms with van der Waals surface area (Å²) in [6, 6.07) is 4.64. The second kappa shape index (κ2) is 8.73. The Morgan fingerprint density at radius 1 is 1.15 bits per heavy atom. The zero-order chi connectivity index (χ0) is 19.3. The van der Waals surface area contributed by atoms with E-state index in [1.54, 1.807) is 11.9 Å². The molecule has 2 amide bonds. The standard InChI is InChI=1S/C18H27F3N4O/c1-23-10-8-16(9-11-23)24(2)12-13-25(3)17(26)22-15-6-4-14(5-7-15)18(19,20)21/h4-7,16H,8-13H2,1-3H3,(H,22,26). The van der Waals surface area contributed by atoms with Crippen molar-refractivity contribution in [3.05, 3.63) is 29.8 Å². The van der Waals surface area contributed by atoms with E-state index in [1.165, 1.54) is 12.1 Å². The van der Waals surface area contributed by atoms with E-state index in [0.29, 0.717) is 18.3 Å². The predicted octanol–water partition coefficient (Wildman–Crippen LogP) is 3.20. The van der Waals surface area contributed by atoms with Crippen molar-refractivity contribution in [1.29, 1.82) is 0 Å². The third-order valence-corrected chi connectivity index (χ3v) is 4.91. The van der Waals surface area contributed by atoms with Crippen molar-refractivity contribution in [1.82, 2.24) is 14.7 Å². The van der Waals surface area contributed by atoms with Crippen LogP contribution in [0.5, 0.6) is 0 Å². The van der Waals surface area contributed by atoms with Crippen LogP contribution in [0.1, 0.15) is 18.4 Å². The number of alkyl halides is 3. The molecule has 0 saturated carbocycles. The van der Waals surface area contributed by atoms with E-state index in [2.05, 4.69) is 29.2 Å². The number of hydrogen-bond acceptors (Lipinski definition) is 3. The summed E-state index contributed by atoms with van der Waals surface area (Å²) in [5.74, 6) is 0. The van der Waals surface area contributed by atoms with E-state index in [4.69, 9.17) is 0 Å². The summed E-state index contributed by atoms with van der Waals surface area (Å²) < 4.78 is 37.7. The lowest BCUT2D eigenvalue weighted by Crippen LogP contribution is -2.45. The smallest absolute Gasteiger partial charge is 0.326 e.